The molecule has 2 heterocycles. The third-order valence-corrected chi connectivity index (χ3v) is 8.69. The predicted molar refractivity (Wildman–Crippen MR) is 130 cm³/mol. The molecule has 0 radical (unpaired) electrons. The Labute approximate surface area is 201 Å². The third-order valence-electron chi connectivity index (χ3n) is 6.92. The van der Waals surface area contributed by atoms with E-state index in [-0.39, 0.29) is 22.1 Å². The van der Waals surface area contributed by atoms with E-state index in [4.69, 9.17) is 9.47 Å². The summed E-state index contributed by atoms with van der Waals surface area (Å²) in [5.74, 6) is -0.522. The monoisotopic (exact) mass is 487 g/mol. The van der Waals surface area contributed by atoms with Gasteiger partial charge < -0.3 is 14.6 Å². The van der Waals surface area contributed by atoms with Crippen LogP contribution in [0.25, 0.3) is 0 Å². The molecule has 34 heavy (non-hydrogen) atoms. The highest BCUT2D eigenvalue weighted by atomic mass is 32.2. The van der Waals surface area contributed by atoms with Crippen LogP contribution in [-0.4, -0.2) is 45.9 Å². The summed E-state index contributed by atoms with van der Waals surface area (Å²) in [6.07, 6.45) is 4.31. The molecule has 1 saturated heterocycles. The molecule has 0 saturated carbocycles. The third kappa shape index (κ3) is 5.08. The minimum Gasteiger partial charge on any atom is -0.492 e. The maximum atomic E-state index is 13.7. The number of nitrogens with zero attached hydrogens (tertiary/aromatic N) is 1. The molecule has 1 atom stereocenters. The highest BCUT2D eigenvalue weighted by Crippen LogP contribution is 2.36. The van der Waals surface area contributed by atoms with Gasteiger partial charge in [-0.1, -0.05) is 32.4 Å². The maximum absolute atomic E-state index is 13.7. The Bertz CT molecular complexity index is 1140. The van der Waals surface area contributed by atoms with Gasteiger partial charge in [-0.3, -0.25) is 4.31 Å². The first-order valence-corrected chi connectivity index (χ1v) is 13.5. The van der Waals surface area contributed by atoms with Gasteiger partial charge in [-0.15, -0.1) is 0 Å². The number of carboxylic acid groups (broad SMARTS) is 1. The number of anilines is 1. The zero-order valence-electron chi connectivity index (χ0n) is 19.8. The standard InChI is InChI=1S/C26H33NO6S/c1-3-18-5-7-24-21(13-18)14-19(4-2)16-27(24)34(30,31)22-6-8-25(23(15-22)26(28)29)33-17-20-9-11-32-12-10-20/h5-8,13,15,19-20H,3-4,9-12,14,16-17H2,1-2H3,(H,28,29). The van der Waals surface area contributed by atoms with Crippen molar-refractivity contribution < 1.29 is 27.8 Å². The van der Waals surface area contributed by atoms with E-state index >= 15 is 0 Å². The van der Waals surface area contributed by atoms with E-state index in [1.807, 2.05) is 12.1 Å². The number of carbonyl (C=O) groups is 1. The molecular formula is C26H33NO6S. The molecule has 1 unspecified atom stereocenters. The van der Waals surface area contributed by atoms with E-state index in [0.717, 1.165) is 37.7 Å². The molecular weight excluding hydrogens is 454 g/mol. The second-order valence-electron chi connectivity index (χ2n) is 9.16. The largest absolute Gasteiger partial charge is 0.492 e. The molecule has 2 aliphatic rings. The molecule has 1 fully saturated rings. The lowest BCUT2D eigenvalue weighted by molar-refractivity contribution is 0.0490. The zero-order chi connectivity index (χ0) is 24.3. The molecule has 1 N–H and O–H groups in total. The van der Waals surface area contributed by atoms with Crippen LogP contribution in [0.15, 0.2) is 41.3 Å². The van der Waals surface area contributed by atoms with Crippen molar-refractivity contribution in [2.75, 3.05) is 30.7 Å². The summed E-state index contributed by atoms with van der Waals surface area (Å²) in [4.78, 5) is 12.0. The number of aryl methyl sites for hydroxylation is 1. The molecule has 0 aliphatic carbocycles. The van der Waals surface area contributed by atoms with Crippen LogP contribution in [0.5, 0.6) is 5.75 Å². The Balaban J connectivity index is 1.65. The number of hydrogen-bond acceptors (Lipinski definition) is 5. The van der Waals surface area contributed by atoms with Crippen LogP contribution in [0.2, 0.25) is 0 Å². The molecule has 0 spiro atoms. The Morgan fingerprint density at radius 3 is 2.56 bits per heavy atom. The van der Waals surface area contributed by atoms with Gasteiger partial charge in [0.25, 0.3) is 10.0 Å². The van der Waals surface area contributed by atoms with Gasteiger partial charge in [0.2, 0.25) is 0 Å². The van der Waals surface area contributed by atoms with Crippen LogP contribution in [0.3, 0.4) is 0 Å². The van der Waals surface area contributed by atoms with Crippen molar-refractivity contribution in [2.24, 2.45) is 11.8 Å². The Hall–Kier alpha value is -2.58. The minimum absolute atomic E-state index is 0.0365. The van der Waals surface area contributed by atoms with E-state index in [2.05, 4.69) is 19.9 Å². The van der Waals surface area contributed by atoms with Gasteiger partial charge in [-0.25, -0.2) is 13.2 Å². The summed E-state index contributed by atoms with van der Waals surface area (Å²) in [5.41, 5.74) is 2.74. The molecule has 0 bridgehead atoms. The summed E-state index contributed by atoms with van der Waals surface area (Å²) in [7, 11) is -3.95. The zero-order valence-corrected chi connectivity index (χ0v) is 20.6. The van der Waals surface area contributed by atoms with Crippen molar-refractivity contribution in [1.82, 2.24) is 0 Å². The average molecular weight is 488 g/mol. The molecule has 8 heteroatoms. The fourth-order valence-corrected chi connectivity index (χ4v) is 6.29. The minimum atomic E-state index is -3.95. The van der Waals surface area contributed by atoms with Gasteiger partial charge in [0.1, 0.15) is 11.3 Å². The van der Waals surface area contributed by atoms with E-state index in [0.29, 0.717) is 38.0 Å². The fourth-order valence-electron chi connectivity index (χ4n) is 4.69. The van der Waals surface area contributed by atoms with Gasteiger partial charge in [0.15, 0.2) is 0 Å². The van der Waals surface area contributed by atoms with Crippen LogP contribution < -0.4 is 9.04 Å². The highest BCUT2D eigenvalue weighted by molar-refractivity contribution is 7.92. The molecule has 2 aromatic rings. The molecule has 184 valence electrons. The van der Waals surface area contributed by atoms with Crippen molar-refractivity contribution in [3.63, 3.8) is 0 Å². The number of sulfonamides is 1. The van der Waals surface area contributed by atoms with Crippen LogP contribution in [0.4, 0.5) is 5.69 Å². The van der Waals surface area contributed by atoms with E-state index < -0.39 is 16.0 Å². The average Bonchev–Trinajstić information content (AvgIpc) is 2.86. The second-order valence-corrected chi connectivity index (χ2v) is 11.0. The molecule has 7 nitrogen and oxygen atoms in total. The van der Waals surface area contributed by atoms with Gasteiger partial charge in [-0.2, -0.15) is 0 Å². The quantitative estimate of drug-likeness (QED) is 0.588. The van der Waals surface area contributed by atoms with Crippen LogP contribution in [0.1, 0.15) is 54.6 Å². The van der Waals surface area contributed by atoms with Gasteiger partial charge in [0.05, 0.1) is 17.2 Å². The molecule has 2 aliphatic heterocycles. The topological polar surface area (TPSA) is 93.1 Å². The normalized spacial score (nSPS) is 19.0. The number of aromatic carboxylic acids is 1. The lowest BCUT2D eigenvalue weighted by Crippen LogP contribution is -2.40. The van der Waals surface area contributed by atoms with E-state index in [1.165, 1.54) is 28.1 Å². The lowest BCUT2D eigenvalue weighted by Gasteiger charge is -2.35. The summed E-state index contributed by atoms with van der Waals surface area (Å²) in [6.45, 7) is 6.25. The summed E-state index contributed by atoms with van der Waals surface area (Å²) < 4.78 is 40.1. The molecule has 0 amide bonds. The van der Waals surface area contributed by atoms with Gasteiger partial charge in [0, 0.05) is 19.8 Å². The number of benzene rings is 2. The van der Waals surface area contributed by atoms with E-state index in [9.17, 15) is 18.3 Å². The van der Waals surface area contributed by atoms with Crippen molar-refractivity contribution in [3.05, 3.63) is 53.1 Å². The number of ether oxygens (including phenoxy) is 2. The fraction of sp³-hybridized carbons (Fsp3) is 0.500. The van der Waals surface area contributed by atoms with E-state index in [1.54, 1.807) is 0 Å². The number of hydrogen-bond donors (Lipinski definition) is 1. The number of carboxylic acids is 1. The first-order valence-electron chi connectivity index (χ1n) is 12.1. The summed E-state index contributed by atoms with van der Waals surface area (Å²) in [6, 6.07) is 10.1. The first-order chi connectivity index (χ1) is 16.3. The Morgan fingerprint density at radius 1 is 1.12 bits per heavy atom. The smallest absolute Gasteiger partial charge is 0.339 e. The molecule has 0 aromatic heterocycles. The molecule has 4 rings (SSSR count). The SMILES string of the molecule is CCc1ccc2c(c1)CC(CC)CN2S(=O)(=O)c1ccc(OCC2CCOCC2)c(C(=O)O)c1. The summed E-state index contributed by atoms with van der Waals surface area (Å²) >= 11 is 0. The van der Waals surface area contributed by atoms with Crippen molar-refractivity contribution in [2.45, 2.75) is 50.8 Å². The molecule has 2 aromatic carbocycles. The van der Waals surface area contributed by atoms with Crippen LogP contribution in [0, 0.1) is 11.8 Å². The van der Waals surface area contributed by atoms with Gasteiger partial charge in [-0.05, 0) is 72.9 Å². The maximum Gasteiger partial charge on any atom is 0.339 e. The predicted octanol–water partition coefficient (Wildman–Crippen LogP) is 4.53. The van der Waals surface area contributed by atoms with Crippen LogP contribution in [-0.2, 0) is 27.6 Å². The number of rotatable bonds is 8. The highest BCUT2D eigenvalue weighted by Gasteiger charge is 2.33. The van der Waals surface area contributed by atoms with Crippen molar-refractivity contribution in [1.29, 1.82) is 0 Å². The number of fused-ring (bicyclic) bond motifs is 1. The second kappa shape index (κ2) is 10.4. The summed E-state index contributed by atoms with van der Waals surface area (Å²) in [5, 5.41) is 9.79. The Kier molecular flexibility index (Phi) is 7.48. The lowest BCUT2D eigenvalue weighted by atomic mass is 9.91. The first kappa shape index (κ1) is 24.5. The van der Waals surface area contributed by atoms with Crippen molar-refractivity contribution in [3.8, 4) is 5.75 Å². The Morgan fingerprint density at radius 2 is 1.88 bits per heavy atom. The van der Waals surface area contributed by atoms with Gasteiger partial charge >= 0.3 is 5.97 Å². The van der Waals surface area contributed by atoms with Crippen LogP contribution >= 0.6 is 0 Å². The van der Waals surface area contributed by atoms with Crippen molar-refractivity contribution >= 4 is 21.7 Å².